The standard InChI is InChI=1S/C18H21N3O4S.HI/c1-26(22,23)15-6-3-13(4-7-15)12-20-18(19)21-14-5-8-16-17(11-14)25-10-2-9-24-16;/h3-8,11H,2,9-10,12H2,1H3,(H3,19,20,21);1H. The molecule has 0 aliphatic carbocycles. The summed E-state index contributed by atoms with van der Waals surface area (Å²) in [5.74, 6) is 1.65. The first-order valence-corrected chi connectivity index (χ1v) is 10.1. The average molecular weight is 503 g/mol. The third-order valence-corrected chi connectivity index (χ3v) is 4.93. The van der Waals surface area contributed by atoms with E-state index in [1.165, 1.54) is 6.26 Å². The Morgan fingerprint density at radius 3 is 2.44 bits per heavy atom. The molecule has 1 aliphatic heterocycles. The predicted octanol–water partition coefficient (Wildman–Crippen LogP) is 2.80. The molecule has 0 radical (unpaired) electrons. The van der Waals surface area contributed by atoms with Crippen LogP contribution in [0.4, 0.5) is 5.69 Å². The van der Waals surface area contributed by atoms with Gasteiger partial charge < -0.3 is 20.5 Å². The minimum absolute atomic E-state index is 0. The Labute approximate surface area is 175 Å². The van der Waals surface area contributed by atoms with E-state index in [1.807, 2.05) is 18.2 Å². The van der Waals surface area contributed by atoms with Crippen LogP contribution >= 0.6 is 24.0 Å². The van der Waals surface area contributed by atoms with Crippen molar-refractivity contribution in [3.05, 3.63) is 48.0 Å². The van der Waals surface area contributed by atoms with Crippen LogP contribution in [0.5, 0.6) is 11.5 Å². The molecule has 1 heterocycles. The summed E-state index contributed by atoms with van der Waals surface area (Å²) in [7, 11) is -3.20. The summed E-state index contributed by atoms with van der Waals surface area (Å²) in [6.07, 6.45) is 2.02. The number of sulfone groups is 1. The highest BCUT2D eigenvalue weighted by molar-refractivity contribution is 14.0. The maximum Gasteiger partial charge on any atom is 0.193 e. The number of ether oxygens (including phenoxy) is 2. The van der Waals surface area contributed by atoms with Crippen LogP contribution in [-0.4, -0.2) is 33.8 Å². The lowest BCUT2D eigenvalue weighted by atomic mass is 10.2. The normalized spacial score (nSPS) is 14.0. The van der Waals surface area contributed by atoms with E-state index in [-0.39, 0.29) is 34.8 Å². The number of nitrogens with zero attached hydrogens (tertiary/aromatic N) is 1. The zero-order chi connectivity index (χ0) is 18.6. The third kappa shape index (κ3) is 5.99. The van der Waals surface area contributed by atoms with Crippen molar-refractivity contribution in [2.75, 3.05) is 24.8 Å². The molecular formula is C18H22IN3O4S. The van der Waals surface area contributed by atoms with Gasteiger partial charge in [0.05, 0.1) is 24.7 Å². The quantitative estimate of drug-likeness (QED) is 0.378. The van der Waals surface area contributed by atoms with Crippen molar-refractivity contribution in [2.45, 2.75) is 17.9 Å². The van der Waals surface area contributed by atoms with E-state index in [0.29, 0.717) is 25.5 Å². The first kappa shape index (κ1) is 21.3. The van der Waals surface area contributed by atoms with Crippen LogP contribution in [0.2, 0.25) is 0 Å². The number of aliphatic imine (C=N–C) groups is 1. The number of guanidine groups is 1. The summed E-state index contributed by atoms with van der Waals surface area (Å²) < 4.78 is 34.2. The number of halogens is 1. The van der Waals surface area contributed by atoms with Crippen molar-refractivity contribution in [3.63, 3.8) is 0 Å². The number of nitrogens with one attached hydrogen (secondary N) is 1. The molecule has 2 aromatic carbocycles. The zero-order valence-electron chi connectivity index (χ0n) is 14.8. The molecule has 0 unspecified atom stereocenters. The molecule has 3 N–H and O–H groups in total. The van der Waals surface area contributed by atoms with Gasteiger partial charge in [-0.1, -0.05) is 12.1 Å². The molecule has 0 saturated carbocycles. The smallest absolute Gasteiger partial charge is 0.193 e. The Hall–Kier alpha value is -2.01. The van der Waals surface area contributed by atoms with Gasteiger partial charge in [-0.05, 0) is 29.8 Å². The van der Waals surface area contributed by atoms with Crippen molar-refractivity contribution in [3.8, 4) is 11.5 Å². The van der Waals surface area contributed by atoms with Crippen LogP contribution in [0.25, 0.3) is 0 Å². The highest BCUT2D eigenvalue weighted by Gasteiger charge is 2.11. The molecule has 0 spiro atoms. The van der Waals surface area contributed by atoms with Gasteiger partial charge in [-0.25, -0.2) is 13.4 Å². The van der Waals surface area contributed by atoms with Crippen molar-refractivity contribution < 1.29 is 17.9 Å². The summed E-state index contributed by atoms with van der Waals surface area (Å²) >= 11 is 0. The summed E-state index contributed by atoms with van der Waals surface area (Å²) in [6.45, 7) is 1.60. The second-order valence-corrected chi connectivity index (χ2v) is 7.97. The maximum atomic E-state index is 11.5. The maximum absolute atomic E-state index is 11.5. The van der Waals surface area contributed by atoms with Crippen LogP contribution in [0.1, 0.15) is 12.0 Å². The van der Waals surface area contributed by atoms with Gasteiger partial charge >= 0.3 is 0 Å². The van der Waals surface area contributed by atoms with Crippen LogP contribution in [0, 0.1) is 0 Å². The van der Waals surface area contributed by atoms with Crippen LogP contribution in [-0.2, 0) is 16.4 Å². The van der Waals surface area contributed by atoms with Gasteiger partial charge in [-0.2, -0.15) is 0 Å². The molecule has 0 amide bonds. The average Bonchev–Trinajstić information content (AvgIpc) is 2.84. The minimum atomic E-state index is -3.20. The lowest BCUT2D eigenvalue weighted by Crippen LogP contribution is -2.22. The number of rotatable bonds is 4. The third-order valence-electron chi connectivity index (χ3n) is 3.80. The SMILES string of the molecule is CS(=O)(=O)c1ccc(CN=C(N)Nc2ccc3c(c2)OCCCO3)cc1.I. The van der Waals surface area contributed by atoms with Gasteiger partial charge in [0.1, 0.15) is 0 Å². The lowest BCUT2D eigenvalue weighted by molar-refractivity contribution is 0.297. The molecule has 0 atom stereocenters. The van der Waals surface area contributed by atoms with E-state index in [0.717, 1.165) is 23.4 Å². The predicted molar refractivity (Wildman–Crippen MR) is 116 cm³/mol. The molecule has 0 fully saturated rings. The molecule has 9 heteroatoms. The fourth-order valence-electron chi connectivity index (χ4n) is 2.45. The largest absolute Gasteiger partial charge is 0.490 e. The molecule has 3 rings (SSSR count). The van der Waals surface area contributed by atoms with Crippen molar-refractivity contribution in [2.24, 2.45) is 10.7 Å². The lowest BCUT2D eigenvalue weighted by Gasteiger charge is -2.10. The molecule has 0 bridgehead atoms. The molecular weight excluding hydrogens is 481 g/mol. The topological polar surface area (TPSA) is 103 Å². The highest BCUT2D eigenvalue weighted by Crippen LogP contribution is 2.32. The Bertz CT molecular complexity index is 915. The van der Waals surface area contributed by atoms with Gasteiger partial charge in [0.2, 0.25) is 0 Å². The summed E-state index contributed by atoms with van der Waals surface area (Å²) in [4.78, 5) is 4.55. The minimum Gasteiger partial charge on any atom is -0.490 e. The molecule has 0 saturated heterocycles. The Kier molecular flexibility index (Phi) is 7.31. The van der Waals surface area contributed by atoms with Gasteiger partial charge in [0.15, 0.2) is 27.3 Å². The Morgan fingerprint density at radius 2 is 1.78 bits per heavy atom. The highest BCUT2D eigenvalue weighted by atomic mass is 127. The molecule has 1 aliphatic rings. The van der Waals surface area contributed by atoms with Gasteiger partial charge in [-0.15, -0.1) is 24.0 Å². The number of anilines is 1. The Morgan fingerprint density at radius 1 is 1.11 bits per heavy atom. The van der Waals surface area contributed by atoms with E-state index in [1.54, 1.807) is 24.3 Å². The van der Waals surface area contributed by atoms with Crippen molar-refractivity contribution in [1.29, 1.82) is 0 Å². The van der Waals surface area contributed by atoms with E-state index >= 15 is 0 Å². The van der Waals surface area contributed by atoms with Crippen molar-refractivity contribution in [1.82, 2.24) is 0 Å². The van der Waals surface area contributed by atoms with Crippen LogP contribution in [0.3, 0.4) is 0 Å². The van der Waals surface area contributed by atoms with E-state index in [2.05, 4.69) is 10.3 Å². The van der Waals surface area contributed by atoms with Crippen molar-refractivity contribution >= 4 is 45.5 Å². The van der Waals surface area contributed by atoms with Gasteiger partial charge in [0, 0.05) is 24.4 Å². The monoisotopic (exact) mass is 503 g/mol. The number of hydrogen-bond acceptors (Lipinski definition) is 5. The number of nitrogens with two attached hydrogens (primary N) is 1. The van der Waals surface area contributed by atoms with E-state index in [9.17, 15) is 8.42 Å². The van der Waals surface area contributed by atoms with Crippen LogP contribution in [0.15, 0.2) is 52.4 Å². The van der Waals surface area contributed by atoms with Gasteiger partial charge in [0.25, 0.3) is 0 Å². The fourth-order valence-corrected chi connectivity index (χ4v) is 3.08. The molecule has 146 valence electrons. The number of benzene rings is 2. The second kappa shape index (κ2) is 9.27. The number of hydrogen-bond donors (Lipinski definition) is 2. The molecule has 7 nitrogen and oxygen atoms in total. The second-order valence-electron chi connectivity index (χ2n) is 5.95. The first-order chi connectivity index (χ1) is 12.4. The summed E-state index contributed by atoms with van der Waals surface area (Å²) in [5, 5.41) is 3.01. The molecule has 0 aromatic heterocycles. The first-order valence-electron chi connectivity index (χ1n) is 8.17. The number of fused-ring (bicyclic) bond motifs is 1. The van der Waals surface area contributed by atoms with E-state index < -0.39 is 9.84 Å². The zero-order valence-corrected chi connectivity index (χ0v) is 18.0. The fraction of sp³-hybridized carbons (Fsp3) is 0.278. The molecule has 2 aromatic rings. The molecule has 27 heavy (non-hydrogen) atoms. The Balaban J connectivity index is 0.00000261. The van der Waals surface area contributed by atoms with Gasteiger partial charge in [-0.3, -0.25) is 0 Å². The summed E-state index contributed by atoms with van der Waals surface area (Å²) in [5.41, 5.74) is 7.55. The van der Waals surface area contributed by atoms with E-state index in [4.69, 9.17) is 15.2 Å². The van der Waals surface area contributed by atoms with Crippen LogP contribution < -0.4 is 20.5 Å². The summed E-state index contributed by atoms with van der Waals surface area (Å²) in [6, 6.07) is 12.1.